The maximum absolute atomic E-state index is 10.9. The number of hydrogen-bond donors (Lipinski definition) is 3. The third-order valence-corrected chi connectivity index (χ3v) is 3.22. The van der Waals surface area contributed by atoms with Crippen molar-refractivity contribution in [3.8, 4) is 0 Å². The molecule has 3 heterocycles. The van der Waals surface area contributed by atoms with Crippen molar-refractivity contribution in [3.05, 3.63) is 0 Å². The van der Waals surface area contributed by atoms with E-state index in [1.807, 2.05) is 0 Å². The van der Waals surface area contributed by atoms with E-state index in [1.165, 1.54) is 0 Å². The van der Waals surface area contributed by atoms with Gasteiger partial charge < -0.3 is 0 Å². The van der Waals surface area contributed by atoms with E-state index < -0.39 is 24.2 Å². The van der Waals surface area contributed by atoms with Crippen molar-refractivity contribution >= 4 is 12.4 Å². The molecule has 70 valence electrons. The zero-order chi connectivity index (χ0) is 9.20. The summed E-state index contributed by atoms with van der Waals surface area (Å²) in [6.45, 7) is 0. The number of phosphoric ester groups is 1. The van der Waals surface area contributed by atoms with Gasteiger partial charge in [-0.05, 0) is 0 Å². The fourth-order valence-electron chi connectivity index (χ4n) is 0.853. The average Bonchev–Trinajstić information content (AvgIpc) is 2.11. The molecule has 0 amide bonds. The normalized spacial score (nSPS) is 56.7. The molecule has 2 bridgehead atoms. The van der Waals surface area contributed by atoms with Crippen molar-refractivity contribution < 1.29 is 49.0 Å². The van der Waals surface area contributed by atoms with Crippen LogP contribution in [0.5, 0.6) is 0 Å². The fraction of sp³-hybridized carbons (Fsp3) is 0.667. The first-order valence-corrected chi connectivity index (χ1v) is 4.70. The topological polar surface area (TPSA) is 105 Å². The summed E-state index contributed by atoms with van der Waals surface area (Å²) in [6, 6.07) is 0. The van der Waals surface area contributed by atoms with Gasteiger partial charge in [0.1, 0.15) is 0 Å². The number of rotatable bonds is 1. The zero-order valence-corrected chi connectivity index (χ0v) is 7.27. The van der Waals surface area contributed by atoms with Gasteiger partial charge in [-0.2, -0.15) is 0 Å². The summed E-state index contributed by atoms with van der Waals surface area (Å²) in [5, 5.41) is 27.1. The van der Waals surface area contributed by atoms with E-state index in [2.05, 4.69) is 29.1 Å². The predicted octanol–water partition coefficient (Wildman–Crippen LogP) is -1.44. The van der Waals surface area contributed by atoms with Gasteiger partial charge in [-0.25, -0.2) is 0 Å². The molecule has 3 aliphatic rings. The molecule has 0 aliphatic carbocycles. The summed E-state index contributed by atoms with van der Waals surface area (Å²) in [7, 11) is -3.86. The van der Waals surface area contributed by atoms with Crippen LogP contribution in [0.2, 0.25) is 0 Å². The van der Waals surface area contributed by atoms with Gasteiger partial charge in [0.2, 0.25) is 0 Å². The second-order valence-electron chi connectivity index (χ2n) is 2.23. The molecule has 7 nitrogen and oxygen atoms in total. The summed E-state index contributed by atoms with van der Waals surface area (Å²) >= 11 is 2.90. The summed E-state index contributed by atoms with van der Waals surface area (Å²) < 4.78 is 22.6. The molecule has 1 unspecified atom stereocenters. The van der Waals surface area contributed by atoms with Crippen LogP contribution in [0.1, 0.15) is 0 Å². The van der Waals surface area contributed by atoms with Crippen LogP contribution in [0.3, 0.4) is 0 Å². The Morgan fingerprint density at radius 2 is 1.83 bits per heavy atom. The van der Waals surface area contributed by atoms with Crippen molar-refractivity contribution in [2.24, 2.45) is 0 Å². The second kappa shape index (κ2) is 2.06. The molecule has 3 aliphatic heterocycles. The Hall–Kier alpha value is 0.379. The quantitative estimate of drug-likeness (QED) is 0.379. The first kappa shape index (κ1) is 8.96. The standard InChI is InChI=1S/C3H3O7P.Fe/c4-1-2(5)3(6)9-11(7,8-2)10-3;/h4-6H;. The van der Waals surface area contributed by atoms with E-state index in [-0.39, 0.29) is 0 Å². The molecule has 0 radical (unpaired) electrons. The number of fused-ring (bicyclic) bond motifs is 1. The van der Waals surface area contributed by atoms with Crippen LogP contribution in [0.15, 0.2) is 0 Å². The number of aliphatic hydroxyl groups is 3. The molecule has 0 saturated carbocycles. The third-order valence-electron chi connectivity index (χ3n) is 1.41. The molecule has 1 atom stereocenters. The van der Waals surface area contributed by atoms with Gasteiger partial charge in [0.25, 0.3) is 0 Å². The first-order chi connectivity index (χ1) is 5.31. The molecule has 3 saturated heterocycles. The van der Waals surface area contributed by atoms with Crippen LogP contribution >= 0.6 is 7.82 Å². The van der Waals surface area contributed by atoms with Gasteiger partial charge >= 0.3 is 73.2 Å². The molecular weight excluding hydrogens is 235 g/mol. The Morgan fingerprint density at radius 3 is 2.00 bits per heavy atom. The van der Waals surface area contributed by atoms with Crippen molar-refractivity contribution in [3.63, 3.8) is 0 Å². The Morgan fingerprint density at radius 1 is 1.33 bits per heavy atom. The third kappa shape index (κ3) is 0.820. The SMILES string of the molecule is O=P12OC(O)(O1)C(O)([C](O)=[Fe])O2. The predicted molar refractivity (Wildman–Crippen MR) is 27.7 cm³/mol. The summed E-state index contributed by atoms with van der Waals surface area (Å²) in [6.07, 6.45) is 0. The summed E-state index contributed by atoms with van der Waals surface area (Å²) in [4.78, 5) is 0. The Bertz CT molecular complexity index is 304. The molecule has 0 spiro atoms. The molecule has 9 heteroatoms. The maximum atomic E-state index is 10.9. The summed E-state index contributed by atoms with van der Waals surface area (Å²) in [5.74, 6) is -5.27. The molecule has 0 aromatic heterocycles. The second-order valence-corrected chi connectivity index (χ2v) is 4.19. The van der Waals surface area contributed by atoms with E-state index in [9.17, 15) is 9.67 Å². The average molecular weight is 238 g/mol. The van der Waals surface area contributed by atoms with Gasteiger partial charge in [0, 0.05) is 0 Å². The summed E-state index contributed by atoms with van der Waals surface area (Å²) in [5.41, 5.74) is 0. The van der Waals surface area contributed by atoms with E-state index >= 15 is 0 Å². The van der Waals surface area contributed by atoms with Crippen LogP contribution < -0.4 is 0 Å². The molecule has 3 rings (SSSR count). The van der Waals surface area contributed by atoms with Crippen molar-refractivity contribution in [1.29, 1.82) is 0 Å². The Labute approximate surface area is 73.8 Å². The van der Waals surface area contributed by atoms with E-state index in [4.69, 9.17) is 10.2 Å². The van der Waals surface area contributed by atoms with Gasteiger partial charge in [-0.1, -0.05) is 0 Å². The van der Waals surface area contributed by atoms with Crippen LogP contribution in [-0.4, -0.2) is 31.7 Å². The fourth-order valence-corrected chi connectivity index (χ4v) is 2.63. The van der Waals surface area contributed by atoms with Gasteiger partial charge in [0.05, 0.1) is 0 Å². The monoisotopic (exact) mass is 238 g/mol. The van der Waals surface area contributed by atoms with Gasteiger partial charge in [-0.15, -0.1) is 0 Å². The van der Waals surface area contributed by atoms with E-state index in [0.717, 1.165) is 0 Å². The Kier molecular flexibility index (Phi) is 1.54. The zero-order valence-electron chi connectivity index (χ0n) is 5.28. The number of aliphatic hydroxyl groups excluding tert-OH is 1. The van der Waals surface area contributed by atoms with E-state index in [0.29, 0.717) is 0 Å². The van der Waals surface area contributed by atoms with Crippen LogP contribution in [0.25, 0.3) is 0 Å². The molecular formula is C3H3FeO7P. The minimum atomic E-state index is -3.86. The Balaban J connectivity index is 2.43. The number of hydrogen-bond acceptors (Lipinski definition) is 7. The molecule has 0 aromatic carbocycles. The van der Waals surface area contributed by atoms with Crippen LogP contribution in [-0.2, 0) is 33.7 Å². The van der Waals surface area contributed by atoms with Gasteiger partial charge in [0.15, 0.2) is 0 Å². The van der Waals surface area contributed by atoms with Crippen LogP contribution in [0, 0.1) is 0 Å². The molecule has 12 heavy (non-hydrogen) atoms. The minimum absolute atomic E-state index is 0.944. The van der Waals surface area contributed by atoms with Crippen LogP contribution in [0.4, 0.5) is 0 Å². The molecule has 0 aromatic rings. The van der Waals surface area contributed by atoms with Crippen molar-refractivity contribution in [1.82, 2.24) is 0 Å². The first-order valence-electron chi connectivity index (χ1n) is 2.69. The van der Waals surface area contributed by atoms with Crippen molar-refractivity contribution in [2.45, 2.75) is 11.8 Å². The molecule has 3 fully saturated rings. The van der Waals surface area contributed by atoms with Crippen molar-refractivity contribution in [2.75, 3.05) is 0 Å². The van der Waals surface area contributed by atoms with E-state index in [1.54, 1.807) is 0 Å². The van der Waals surface area contributed by atoms with Gasteiger partial charge in [-0.3, -0.25) is 0 Å². The number of phosphoric acid groups is 1. The molecule has 3 N–H and O–H groups in total.